The summed E-state index contributed by atoms with van der Waals surface area (Å²) in [6.07, 6.45) is 13.1. The molecule has 2 aliphatic rings. The van der Waals surface area contributed by atoms with Crippen LogP contribution in [0.2, 0.25) is 0 Å². The van der Waals surface area contributed by atoms with Gasteiger partial charge in [0.1, 0.15) is 0 Å². The zero-order chi connectivity index (χ0) is 46.1. The summed E-state index contributed by atoms with van der Waals surface area (Å²) in [4.78, 5) is 37.7. The molecule has 2 amide bonds. The zero-order valence-electron chi connectivity index (χ0n) is 37.7. The number of likely N-dealkylation sites (N-methyl/N-ethyl adjacent to an activating group) is 1. The van der Waals surface area contributed by atoms with E-state index < -0.39 is 25.6 Å². The minimum atomic E-state index is -3.52. The highest BCUT2D eigenvalue weighted by Crippen LogP contribution is 2.33. The molecule has 0 aliphatic carbocycles. The number of hydrogen-bond donors (Lipinski definition) is 4. The fraction of sp³-hybridized carbons (Fsp3) is 0.333. The van der Waals surface area contributed by atoms with Crippen LogP contribution in [0, 0.1) is 0 Å². The Hall–Kier alpha value is -5.80. The van der Waals surface area contributed by atoms with Crippen molar-refractivity contribution in [2.24, 2.45) is 0 Å². The SMILES string of the molecule is CCCCS(=O)(=O)c1ccccc1C(=O)Nc1ccc2[nH]cc(C3=CCN(CC)CC3)c2c1.CCCN1CC=C(c2c[nH]c3ccc(NC(=O)c4cccc(S(=O)(=O)CC)c4)cc23)CC1. The number of carbonyl (C=O) groups excluding carboxylic acids is 2. The van der Waals surface area contributed by atoms with E-state index in [1.807, 2.05) is 55.7 Å². The maximum atomic E-state index is 13.1. The highest BCUT2D eigenvalue weighted by atomic mass is 32.2. The largest absolute Gasteiger partial charge is 0.361 e. The van der Waals surface area contributed by atoms with Crippen LogP contribution in [0.25, 0.3) is 33.0 Å². The summed E-state index contributed by atoms with van der Waals surface area (Å²) in [5.41, 5.74) is 8.79. The van der Waals surface area contributed by atoms with Crippen molar-refractivity contribution in [2.45, 2.75) is 69.6 Å². The van der Waals surface area contributed by atoms with Gasteiger partial charge in [-0.1, -0.05) is 64.5 Å². The molecule has 0 saturated heterocycles. The van der Waals surface area contributed by atoms with Gasteiger partial charge in [-0.15, -0.1) is 0 Å². The van der Waals surface area contributed by atoms with E-state index in [0.717, 1.165) is 92.3 Å². The van der Waals surface area contributed by atoms with Crippen molar-refractivity contribution in [3.05, 3.63) is 132 Å². The normalized spacial score (nSPS) is 15.0. The number of unbranched alkanes of at least 4 members (excludes halogenated alkanes) is 1. The van der Waals surface area contributed by atoms with Crippen LogP contribution in [0.3, 0.4) is 0 Å². The fourth-order valence-corrected chi connectivity index (χ4v) is 11.0. The minimum Gasteiger partial charge on any atom is -0.361 e. The van der Waals surface area contributed by atoms with Gasteiger partial charge in [0.2, 0.25) is 0 Å². The van der Waals surface area contributed by atoms with E-state index in [-0.39, 0.29) is 32.8 Å². The molecule has 2 aliphatic heterocycles. The lowest BCUT2D eigenvalue weighted by molar-refractivity contribution is 0.101. The molecule has 0 unspecified atom stereocenters. The van der Waals surface area contributed by atoms with Crippen molar-refractivity contribution in [1.82, 2.24) is 19.8 Å². The highest BCUT2D eigenvalue weighted by molar-refractivity contribution is 7.91. The number of carbonyl (C=O) groups is 2. The van der Waals surface area contributed by atoms with Gasteiger partial charge in [0, 0.05) is 88.4 Å². The fourth-order valence-electron chi connectivity index (χ4n) is 8.42. The molecule has 0 radical (unpaired) electrons. The van der Waals surface area contributed by atoms with Crippen molar-refractivity contribution in [2.75, 3.05) is 61.4 Å². The van der Waals surface area contributed by atoms with Crippen molar-refractivity contribution in [3.63, 3.8) is 0 Å². The van der Waals surface area contributed by atoms with Gasteiger partial charge in [0.25, 0.3) is 11.8 Å². The smallest absolute Gasteiger partial charge is 0.256 e. The number of sulfone groups is 2. The Bertz CT molecular complexity index is 2970. The number of nitrogens with one attached hydrogen (secondary N) is 4. The van der Waals surface area contributed by atoms with Crippen LogP contribution in [0.5, 0.6) is 0 Å². The Balaban J connectivity index is 0.000000194. The van der Waals surface area contributed by atoms with Gasteiger partial charge in [0.05, 0.1) is 26.9 Å². The summed E-state index contributed by atoms with van der Waals surface area (Å²) < 4.78 is 49.9. The van der Waals surface area contributed by atoms with E-state index in [1.54, 1.807) is 37.3 Å². The van der Waals surface area contributed by atoms with E-state index in [9.17, 15) is 26.4 Å². The molecule has 0 fully saturated rings. The van der Waals surface area contributed by atoms with Crippen LogP contribution in [0.4, 0.5) is 11.4 Å². The summed E-state index contributed by atoms with van der Waals surface area (Å²) >= 11 is 0. The molecule has 12 nitrogen and oxygen atoms in total. The molecule has 0 spiro atoms. The molecule has 4 heterocycles. The van der Waals surface area contributed by atoms with Gasteiger partial charge in [0.15, 0.2) is 19.7 Å². The Morgan fingerprint density at radius 3 is 1.80 bits per heavy atom. The number of H-pyrrole nitrogens is 2. The lowest BCUT2D eigenvalue weighted by Gasteiger charge is -2.25. The van der Waals surface area contributed by atoms with Gasteiger partial charge in [-0.3, -0.25) is 19.4 Å². The summed E-state index contributed by atoms with van der Waals surface area (Å²) in [7, 11) is -6.89. The second kappa shape index (κ2) is 21.0. The highest BCUT2D eigenvalue weighted by Gasteiger charge is 2.23. The van der Waals surface area contributed by atoms with Crippen molar-refractivity contribution >= 4 is 75.8 Å². The minimum absolute atomic E-state index is 0.00292. The third kappa shape index (κ3) is 11.2. The monoisotopic (exact) mass is 916 g/mol. The molecular weight excluding hydrogens is 857 g/mol. The molecule has 65 heavy (non-hydrogen) atoms. The lowest BCUT2D eigenvalue weighted by atomic mass is 9.98. The average molecular weight is 917 g/mol. The topological polar surface area (TPSA) is 165 Å². The van der Waals surface area contributed by atoms with E-state index in [0.29, 0.717) is 23.4 Å². The molecule has 0 saturated carbocycles. The van der Waals surface area contributed by atoms with Crippen LogP contribution in [-0.4, -0.2) is 99.2 Å². The lowest BCUT2D eigenvalue weighted by Crippen LogP contribution is -2.29. The summed E-state index contributed by atoms with van der Waals surface area (Å²) in [5, 5.41) is 7.94. The number of rotatable bonds is 15. The van der Waals surface area contributed by atoms with Gasteiger partial charge in [-0.05, 0) is 117 Å². The molecular formula is C51H60N6O6S2. The molecule has 14 heteroatoms. The van der Waals surface area contributed by atoms with E-state index >= 15 is 0 Å². The molecule has 4 N–H and O–H groups in total. The first-order chi connectivity index (χ1) is 31.3. The number of anilines is 2. The quantitative estimate of drug-likeness (QED) is 0.0791. The van der Waals surface area contributed by atoms with Crippen molar-refractivity contribution in [1.29, 1.82) is 0 Å². The van der Waals surface area contributed by atoms with Gasteiger partial charge < -0.3 is 20.6 Å². The van der Waals surface area contributed by atoms with Crippen LogP contribution in [-0.2, 0) is 19.7 Å². The second-order valence-corrected chi connectivity index (χ2v) is 20.9. The Morgan fingerprint density at radius 2 is 1.25 bits per heavy atom. The van der Waals surface area contributed by atoms with E-state index in [4.69, 9.17) is 0 Å². The first kappa shape index (κ1) is 47.2. The van der Waals surface area contributed by atoms with Gasteiger partial charge in [-0.2, -0.15) is 0 Å². The molecule has 8 rings (SSSR count). The van der Waals surface area contributed by atoms with Gasteiger partial charge in [-0.25, -0.2) is 16.8 Å². The van der Waals surface area contributed by atoms with Crippen LogP contribution < -0.4 is 10.6 Å². The number of aromatic nitrogens is 2. The van der Waals surface area contributed by atoms with Gasteiger partial charge >= 0.3 is 0 Å². The first-order valence-electron chi connectivity index (χ1n) is 22.7. The van der Waals surface area contributed by atoms with E-state index in [1.165, 1.54) is 34.9 Å². The first-order valence-corrected chi connectivity index (χ1v) is 26.0. The standard InChI is InChI=1S/C26H31N3O3S.C25H29N3O3S/c1-3-5-16-33(31,32)25-9-7-6-8-21(25)26(30)28-20-10-11-24-22(17-20)23(18-27-24)19-12-14-29(4-2)15-13-19;1-3-12-28-13-10-18(11-14-28)23-17-26-24-9-8-20(16-22(23)24)27-25(29)19-6-5-7-21(15-19)32(30,31)4-2/h6-12,17-18,27H,3-5,13-16H2,1-2H3,(H,28,30);5-10,15-17,26H,3-4,11-14H2,1-2H3,(H,27,29). The molecule has 4 aromatic carbocycles. The number of benzene rings is 4. The van der Waals surface area contributed by atoms with E-state index in [2.05, 4.69) is 56.4 Å². The Kier molecular flexibility index (Phi) is 15.2. The third-order valence-electron chi connectivity index (χ3n) is 12.2. The zero-order valence-corrected chi connectivity index (χ0v) is 39.4. The maximum Gasteiger partial charge on any atom is 0.256 e. The predicted octanol–water partition coefficient (Wildman–Crippen LogP) is 9.82. The number of aromatic amines is 2. The molecule has 6 aromatic rings. The maximum absolute atomic E-state index is 13.1. The predicted molar refractivity (Wildman–Crippen MR) is 264 cm³/mol. The van der Waals surface area contributed by atoms with Crippen molar-refractivity contribution < 1.29 is 26.4 Å². The Morgan fingerprint density at radius 1 is 0.646 bits per heavy atom. The molecule has 2 aromatic heterocycles. The van der Waals surface area contributed by atoms with Crippen LogP contribution in [0.1, 0.15) is 91.6 Å². The number of amides is 2. The molecule has 342 valence electrons. The number of nitrogens with zero attached hydrogens (tertiary/aromatic N) is 2. The third-order valence-corrected chi connectivity index (χ3v) is 15.8. The van der Waals surface area contributed by atoms with Crippen LogP contribution in [0.15, 0.2) is 119 Å². The van der Waals surface area contributed by atoms with Crippen LogP contribution >= 0.6 is 0 Å². The molecule has 0 bridgehead atoms. The molecule has 0 atom stereocenters. The van der Waals surface area contributed by atoms with Crippen molar-refractivity contribution in [3.8, 4) is 0 Å². The second-order valence-electron chi connectivity index (χ2n) is 16.6. The summed E-state index contributed by atoms with van der Waals surface area (Å²) in [5.74, 6) is -0.715. The summed E-state index contributed by atoms with van der Waals surface area (Å²) in [6.45, 7) is 14.1. The summed E-state index contributed by atoms with van der Waals surface area (Å²) in [6, 6.07) is 24.1. The average Bonchev–Trinajstić information content (AvgIpc) is 3.96. The number of fused-ring (bicyclic) bond motifs is 2. The number of hydrogen-bond acceptors (Lipinski definition) is 8. The Labute approximate surface area is 383 Å².